The molecule has 30 heavy (non-hydrogen) atoms. The summed E-state index contributed by atoms with van der Waals surface area (Å²) in [7, 11) is 0. The maximum absolute atomic E-state index is 13.2. The largest absolute Gasteiger partial charge is 0.410 e. The number of halogens is 2. The van der Waals surface area contributed by atoms with E-state index in [1.807, 2.05) is 12.1 Å². The Balaban J connectivity index is 1.35. The van der Waals surface area contributed by atoms with Crippen LogP contribution in [0.15, 0.2) is 48.7 Å². The average molecular weight is 415 g/mol. The molecule has 0 saturated carbocycles. The van der Waals surface area contributed by atoms with Crippen molar-refractivity contribution < 1.29 is 28.2 Å². The molecule has 3 N–H and O–H groups in total. The number of rotatable bonds is 5. The van der Waals surface area contributed by atoms with Crippen molar-refractivity contribution in [3.63, 3.8) is 0 Å². The summed E-state index contributed by atoms with van der Waals surface area (Å²) in [6.07, 6.45) is 0.853. The van der Waals surface area contributed by atoms with Crippen LogP contribution < -0.4 is 10.2 Å². The maximum atomic E-state index is 13.2. The number of carbonyl (C=O) groups excluding carboxylic acids is 2. The fourth-order valence-electron chi connectivity index (χ4n) is 3.49. The minimum Gasteiger partial charge on any atom is -0.407 e. The van der Waals surface area contributed by atoms with Crippen molar-refractivity contribution in [3.8, 4) is 0 Å². The van der Waals surface area contributed by atoms with Crippen LogP contribution in [0.1, 0.15) is 12.0 Å². The molecule has 0 bridgehead atoms. The first-order valence-electron chi connectivity index (χ1n) is 9.37. The smallest absolute Gasteiger partial charge is 0.407 e. The van der Waals surface area contributed by atoms with Gasteiger partial charge in [0.15, 0.2) is 0 Å². The molecule has 1 fully saturated rings. The Morgan fingerprint density at radius 3 is 2.73 bits per heavy atom. The van der Waals surface area contributed by atoms with Gasteiger partial charge in [-0.25, -0.2) is 13.6 Å². The maximum Gasteiger partial charge on any atom is 0.410 e. The highest BCUT2D eigenvalue weighted by Crippen LogP contribution is 2.31. The predicted molar refractivity (Wildman–Crippen MR) is 105 cm³/mol. The molecule has 1 aromatic heterocycles. The van der Waals surface area contributed by atoms with Crippen LogP contribution in [0.25, 0.3) is 10.9 Å². The lowest BCUT2D eigenvalue weighted by Crippen LogP contribution is -2.46. The summed E-state index contributed by atoms with van der Waals surface area (Å²) < 4.78 is 31.4. The summed E-state index contributed by atoms with van der Waals surface area (Å²) in [4.78, 5) is 29.1. The van der Waals surface area contributed by atoms with Gasteiger partial charge < -0.3 is 25.0 Å². The number of aromatic nitrogens is 1. The van der Waals surface area contributed by atoms with Gasteiger partial charge in [-0.15, -0.1) is 0 Å². The van der Waals surface area contributed by atoms with Crippen molar-refractivity contribution in [3.05, 3.63) is 65.9 Å². The molecule has 0 spiro atoms. The summed E-state index contributed by atoms with van der Waals surface area (Å²) >= 11 is 0. The third-order valence-corrected chi connectivity index (χ3v) is 4.97. The number of anilines is 1. The molecular formula is C21H19F2N3O4. The van der Waals surface area contributed by atoms with E-state index in [9.17, 15) is 23.5 Å². The molecule has 2 amide bonds. The summed E-state index contributed by atoms with van der Waals surface area (Å²) in [6, 6.07) is 10.3. The van der Waals surface area contributed by atoms with Crippen LogP contribution in [0.3, 0.4) is 0 Å². The van der Waals surface area contributed by atoms with Crippen LogP contribution >= 0.6 is 0 Å². The first-order valence-corrected chi connectivity index (χ1v) is 9.37. The van der Waals surface area contributed by atoms with Gasteiger partial charge in [0.05, 0.1) is 0 Å². The van der Waals surface area contributed by atoms with Crippen LogP contribution in [0.4, 0.5) is 19.3 Å². The van der Waals surface area contributed by atoms with E-state index < -0.39 is 29.4 Å². The molecule has 9 heteroatoms. The van der Waals surface area contributed by atoms with Gasteiger partial charge in [-0.2, -0.15) is 0 Å². The number of nitrogens with zero attached hydrogens (tertiary/aromatic N) is 1. The van der Waals surface area contributed by atoms with Crippen LogP contribution in [-0.2, 0) is 16.0 Å². The van der Waals surface area contributed by atoms with Gasteiger partial charge in [0.1, 0.15) is 11.6 Å². The van der Waals surface area contributed by atoms with Gasteiger partial charge >= 0.3 is 6.09 Å². The summed E-state index contributed by atoms with van der Waals surface area (Å²) in [6.45, 7) is 0.195. The molecule has 1 saturated heterocycles. The number of fused-ring (bicyclic) bond motifs is 1. The van der Waals surface area contributed by atoms with Gasteiger partial charge in [0.2, 0.25) is 0 Å². The van der Waals surface area contributed by atoms with Gasteiger partial charge in [-0.05, 0) is 48.4 Å². The van der Waals surface area contributed by atoms with E-state index >= 15 is 0 Å². The van der Waals surface area contributed by atoms with E-state index in [1.165, 1.54) is 4.90 Å². The number of ether oxygens (including phenoxy) is 1. The Bertz CT molecular complexity index is 1100. The molecule has 7 nitrogen and oxygen atoms in total. The Morgan fingerprint density at radius 2 is 1.97 bits per heavy atom. The molecule has 1 aliphatic rings. The van der Waals surface area contributed by atoms with E-state index in [1.54, 1.807) is 18.3 Å². The van der Waals surface area contributed by atoms with E-state index in [-0.39, 0.29) is 25.9 Å². The second-order valence-corrected chi connectivity index (χ2v) is 7.08. The van der Waals surface area contributed by atoms with Crippen molar-refractivity contribution in [2.45, 2.75) is 18.6 Å². The monoisotopic (exact) mass is 415 g/mol. The molecular weight excluding hydrogens is 396 g/mol. The molecule has 0 radical (unpaired) electrons. The molecule has 0 aliphatic carbocycles. The Kier molecular flexibility index (Phi) is 5.13. The normalized spacial score (nSPS) is 18.8. The number of amides is 2. The van der Waals surface area contributed by atoms with Crippen LogP contribution in [-0.4, -0.2) is 41.0 Å². The summed E-state index contributed by atoms with van der Waals surface area (Å²) in [5.41, 5.74) is 1.85. The summed E-state index contributed by atoms with van der Waals surface area (Å²) in [5, 5.41) is 13.8. The highest BCUT2D eigenvalue weighted by Gasteiger charge is 2.49. The standard InChI is InChI=1S/C21H19F2N3O4/c22-15-9-13(10-16(23)12-15)3-6-25-20(28)30-21(29)5-8-26(19(21)27)17-1-2-18-14(11-17)4-7-24-18/h1-2,4,7,9-12,24,29H,3,5-6,8H2,(H,25,28)/t21-/m1/s1. The van der Waals surface area contributed by atoms with E-state index in [4.69, 9.17) is 4.74 Å². The lowest BCUT2D eigenvalue weighted by atomic mass is 10.1. The number of hydrogen-bond donors (Lipinski definition) is 3. The summed E-state index contributed by atoms with van der Waals surface area (Å²) in [5.74, 6) is -4.44. The zero-order valence-electron chi connectivity index (χ0n) is 15.8. The molecule has 4 rings (SSSR count). The van der Waals surface area contributed by atoms with Crippen LogP contribution in [0, 0.1) is 11.6 Å². The molecule has 156 valence electrons. The molecule has 0 unspecified atom stereocenters. The van der Waals surface area contributed by atoms with Gasteiger partial charge in [0, 0.05) is 48.4 Å². The van der Waals surface area contributed by atoms with Gasteiger partial charge in [-0.3, -0.25) is 4.79 Å². The Labute approximate surface area is 170 Å². The quantitative estimate of drug-likeness (QED) is 0.559. The van der Waals surface area contributed by atoms with E-state index in [2.05, 4.69) is 10.3 Å². The number of alkyl carbamates (subject to hydrolysis) is 1. The van der Waals surface area contributed by atoms with Crippen molar-refractivity contribution in [2.24, 2.45) is 0 Å². The first-order chi connectivity index (χ1) is 14.3. The topological polar surface area (TPSA) is 94.7 Å². The minimum absolute atomic E-state index is 0.0138. The molecule has 2 aromatic carbocycles. The number of aromatic amines is 1. The fraction of sp³-hybridized carbons (Fsp3) is 0.238. The van der Waals surface area contributed by atoms with Crippen molar-refractivity contribution in [2.75, 3.05) is 18.0 Å². The van der Waals surface area contributed by atoms with Crippen molar-refractivity contribution in [1.82, 2.24) is 10.3 Å². The third-order valence-electron chi connectivity index (χ3n) is 4.97. The Morgan fingerprint density at radius 1 is 1.20 bits per heavy atom. The second-order valence-electron chi connectivity index (χ2n) is 7.08. The molecule has 1 aliphatic heterocycles. The molecule has 3 aromatic rings. The Hall–Kier alpha value is -3.46. The highest BCUT2D eigenvalue weighted by atomic mass is 19.1. The number of nitrogens with one attached hydrogen (secondary N) is 2. The molecule has 1 atom stereocenters. The molecule has 2 heterocycles. The van der Waals surface area contributed by atoms with Crippen molar-refractivity contribution >= 4 is 28.6 Å². The first kappa shape index (κ1) is 19.8. The number of H-pyrrole nitrogens is 1. The number of benzene rings is 2. The lowest BCUT2D eigenvalue weighted by Gasteiger charge is -2.22. The fourth-order valence-corrected chi connectivity index (χ4v) is 3.49. The second kappa shape index (κ2) is 7.75. The van der Waals surface area contributed by atoms with Crippen LogP contribution in [0.2, 0.25) is 0 Å². The lowest BCUT2D eigenvalue weighted by molar-refractivity contribution is -0.175. The average Bonchev–Trinajstić information content (AvgIpc) is 3.25. The van der Waals surface area contributed by atoms with Gasteiger partial charge in [0.25, 0.3) is 11.7 Å². The SMILES string of the molecule is O=C(NCCc1cc(F)cc(F)c1)O[C@]1(O)CCN(c2ccc3[nH]ccc3c2)C1=O. The number of aliphatic hydroxyl groups is 1. The van der Waals surface area contributed by atoms with E-state index in [0.717, 1.165) is 29.1 Å². The van der Waals surface area contributed by atoms with Crippen LogP contribution in [0.5, 0.6) is 0 Å². The zero-order valence-corrected chi connectivity index (χ0v) is 15.8. The third kappa shape index (κ3) is 3.97. The van der Waals surface area contributed by atoms with Crippen molar-refractivity contribution in [1.29, 1.82) is 0 Å². The predicted octanol–water partition coefficient (Wildman–Crippen LogP) is 2.84. The number of carbonyl (C=O) groups is 2. The highest BCUT2D eigenvalue weighted by molar-refractivity contribution is 6.02. The zero-order chi connectivity index (χ0) is 21.3. The van der Waals surface area contributed by atoms with Gasteiger partial charge in [-0.1, -0.05) is 0 Å². The number of hydrogen-bond acceptors (Lipinski definition) is 4. The minimum atomic E-state index is -2.28. The van der Waals surface area contributed by atoms with E-state index in [0.29, 0.717) is 11.3 Å².